The van der Waals surface area contributed by atoms with Crippen LogP contribution in [0.1, 0.15) is 39.5 Å². The van der Waals surface area contributed by atoms with Crippen LogP contribution in [-0.4, -0.2) is 37.2 Å². The molecule has 4 atom stereocenters. The predicted molar refractivity (Wildman–Crippen MR) is 69.2 cm³/mol. The molecule has 4 nitrogen and oxygen atoms in total. The second-order valence-corrected chi connectivity index (χ2v) is 6.61. The van der Waals surface area contributed by atoms with Crippen LogP contribution in [0, 0.1) is 11.3 Å². The maximum Gasteiger partial charge on any atom is 0.220 e. The minimum absolute atomic E-state index is 0.202. The number of ether oxygens (including phenoxy) is 1. The van der Waals surface area contributed by atoms with E-state index in [1.54, 1.807) is 0 Å². The van der Waals surface area contributed by atoms with E-state index in [0.717, 1.165) is 19.6 Å². The van der Waals surface area contributed by atoms with E-state index in [1.807, 2.05) is 0 Å². The fourth-order valence-corrected chi connectivity index (χ4v) is 4.04. The molecule has 2 heterocycles. The number of amides is 1. The highest BCUT2D eigenvalue weighted by atomic mass is 16.5. The van der Waals surface area contributed by atoms with Crippen molar-refractivity contribution < 1.29 is 9.53 Å². The van der Waals surface area contributed by atoms with Gasteiger partial charge in [-0.15, -0.1) is 0 Å². The number of hydrogen-bond acceptors (Lipinski definition) is 3. The molecule has 3 fully saturated rings. The van der Waals surface area contributed by atoms with Gasteiger partial charge in [-0.2, -0.15) is 0 Å². The van der Waals surface area contributed by atoms with Gasteiger partial charge in [-0.1, -0.05) is 13.8 Å². The molecule has 1 aliphatic carbocycles. The lowest BCUT2D eigenvalue weighted by Gasteiger charge is -2.60. The topological polar surface area (TPSA) is 50.4 Å². The molecular formula is C14H24N2O2. The van der Waals surface area contributed by atoms with Gasteiger partial charge in [-0.3, -0.25) is 4.79 Å². The zero-order chi connectivity index (χ0) is 12.8. The second-order valence-electron chi connectivity index (χ2n) is 6.61. The largest absolute Gasteiger partial charge is 0.377 e. The van der Waals surface area contributed by atoms with Crippen LogP contribution in [-0.2, 0) is 9.53 Å². The van der Waals surface area contributed by atoms with Crippen molar-refractivity contribution in [3.8, 4) is 0 Å². The standard InChI is InChI=1S/C14H24N2O2/c1-14(2)12(10-4-3-7-18-13(10)14)15-8-9-5-6-11(17)16-9/h9-10,12-13,15H,3-8H2,1-2H3,(H,16,17). The molecular weight excluding hydrogens is 228 g/mol. The minimum Gasteiger partial charge on any atom is -0.377 e. The molecule has 4 heteroatoms. The summed E-state index contributed by atoms with van der Waals surface area (Å²) in [5.74, 6) is 0.874. The fraction of sp³-hybridized carbons (Fsp3) is 0.929. The van der Waals surface area contributed by atoms with Crippen LogP contribution < -0.4 is 10.6 Å². The zero-order valence-corrected chi connectivity index (χ0v) is 11.4. The summed E-state index contributed by atoms with van der Waals surface area (Å²) in [5.41, 5.74) is 0.230. The zero-order valence-electron chi connectivity index (χ0n) is 11.4. The van der Waals surface area contributed by atoms with E-state index in [-0.39, 0.29) is 11.3 Å². The van der Waals surface area contributed by atoms with Crippen molar-refractivity contribution in [2.45, 2.75) is 57.7 Å². The molecule has 3 aliphatic rings. The highest BCUT2D eigenvalue weighted by Gasteiger charge is 2.57. The highest BCUT2D eigenvalue weighted by molar-refractivity contribution is 5.78. The van der Waals surface area contributed by atoms with Crippen LogP contribution >= 0.6 is 0 Å². The summed E-state index contributed by atoms with van der Waals surface area (Å²) in [4.78, 5) is 11.2. The lowest BCUT2D eigenvalue weighted by Crippen LogP contribution is -2.70. The summed E-state index contributed by atoms with van der Waals surface area (Å²) < 4.78 is 5.90. The molecule has 0 radical (unpaired) electrons. The molecule has 0 aromatic heterocycles. The molecule has 18 heavy (non-hydrogen) atoms. The molecule has 4 unspecified atom stereocenters. The van der Waals surface area contributed by atoms with Gasteiger partial charge in [-0.05, 0) is 19.3 Å². The number of carbonyl (C=O) groups is 1. The van der Waals surface area contributed by atoms with Gasteiger partial charge in [0, 0.05) is 43.0 Å². The fourth-order valence-electron chi connectivity index (χ4n) is 4.04. The number of fused-ring (bicyclic) bond motifs is 1. The van der Waals surface area contributed by atoms with Crippen LogP contribution in [0.15, 0.2) is 0 Å². The van der Waals surface area contributed by atoms with E-state index in [4.69, 9.17) is 4.74 Å². The summed E-state index contributed by atoms with van der Waals surface area (Å²) in [6, 6.07) is 0.872. The maximum absolute atomic E-state index is 11.2. The van der Waals surface area contributed by atoms with Gasteiger partial charge >= 0.3 is 0 Å². The second kappa shape index (κ2) is 4.49. The highest BCUT2D eigenvalue weighted by Crippen LogP contribution is 2.51. The Bertz CT molecular complexity index is 343. The first-order valence-electron chi connectivity index (χ1n) is 7.23. The van der Waals surface area contributed by atoms with Crippen molar-refractivity contribution in [2.24, 2.45) is 11.3 Å². The van der Waals surface area contributed by atoms with Gasteiger partial charge in [0.1, 0.15) is 0 Å². The van der Waals surface area contributed by atoms with E-state index < -0.39 is 0 Å². The first kappa shape index (κ1) is 12.4. The van der Waals surface area contributed by atoms with E-state index in [2.05, 4.69) is 24.5 Å². The summed E-state index contributed by atoms with van der Waals surface area (Å²) in [7, 11) is 0. The van der Waals surface area contributed by atoms with Crippen LogP contribution in [0.3, 0.4) is 0 Å². The van der Waals surface area contributed by atoms with Crippen molar-refractivity contribution in [1.82, 2.24) is 10.6 Å². The molecule has 1 amide bonds. The van der Waals surface area contributed by atoms with Gasteiger partial charge in [0.2, 0.25) is 5.91 Å². The normalized spacial score (nSPS) is 42.0. The average Bonchev–Trinajstić information content (AvgIpc) is 2.75. The Kier molecular flexibility index (Phi) is 3.10. The number of carbonyl (C=O) groups excluding carboxylic acids is 1. The van der Waals surface area contributed by atoms with Crippen molar-refractivity contribution in [1.29, 1.82) is 0 Å². The molecule has 3 rings (SSSR count). The van der Waals surface area contributed by atoms with Crippen LogP contribution in [0.5, 0.6) is 0 Å². The summed E-state index contributed by atoms with van der Waals surface area (Å²) in [6.45, 7) is 6.42. The molecule has 102 valence electrons. The first-order chi connectivity index (χ1) is 8.59. The van der Waals surface area contributed by atoms with Gasteiger partial charge in [0.15, 0.2) is 0 Å². The Hall–Kier alpha value is -0.610. The van der Waals surface area contributed by atoms with Crippen molar-refractivity contribution in [3.05, 3.63) is 0 Å². The first-order valence-corrected chi connectivity index (χ1v) is 7.23. The Balaban J connectivity index is 1.54. The molecule has 2 saturated heterocycles. The number of rotatable bonds is 3. The third-order valence-corrected chi connectivity index (χ3v) is 5.00. The van der Waals surface area contributed by atoms with Crippen LogP contribution in [0.25, 0.3) is 0 Å². The van der Waals surface area contributed by atoms with E-state index in [9.17, 15) is 4.79 Å². The Morgan fingerprint density at radius 1 is 1.44 bits per heavy atom. The molecule has 0 aromatic carbocycles. The minimum atomic E-state index is 0.202. The molecule has 2 aliphatic heterocycles. The van der Waals surface area contributed by atoms with Gasteiger partial charge < -0.3 is 15.4 Å². The quantitative estimate of drug-likeness (QED) is 0.789. The number of hydrogen-bond donors (Lipinski definition) is 2. The maximum atomic E-state index is 11.2. The van der Waals surface area contributed by atoms with Crippen molar-refractivity contribution >= 4 is 5.91 Å². The summed E-state index contributed by atoms with van der Waals surface area (Å²) >= 11 is 0. The molecule has 0 spiro atoms. The molecule has 0 aromatic rings. The lowest BCUT2D eigenvalue weighted by atomic mass is 9.55. The molecule has 2 N–H and O–H groups in total. The van der Waals surface area contributed by atoms with Gasteiger partial charge in [0.05, 0.1) is 6.10 Å². The molecule has 0 bridgehead atoms. The van der Waals surface area contributed by atoms with Gasteiger partial charge in [-0.25, -0.2) is 0 Å². The smallest absolute Gasteiger partial charge is 0.220 e. The van der Waals surface area contributed by atoms with Crippen molar-refractivity contribution in [2.75, 3.05) is 13.2 Å². The third kappa shape index (κ3) is 1.95. The van der Waals surface area contributed by atoms with Crippen LogP contribution in [0.2, 0.25) is 0 Å². The average molecular weight is 252 g/mol. The van der Waals surface area contributed by atoms with E-state index in [1.165, 1.54) is 12.8 Å². The Morgan fingerprint density at radius 3 is 3.00 bits per heavy atom. The lowest BCUT2D eigenvalue weighted by molar-refractivity contribution is -0.192. The van der Waals surface area contributed by atoms with Crippen molar-refractivity contribution in [3.63, 3.8) is 0 Å². The third-order valence-electron chi connectivity index (χ3n) is 5.00. The predicted octanol–water partition coefficient (Wildman–Crippen LogP) is 1.06. The summed E-state index contributed by atoms with van der Waals surface area (Å²) in [6.07, 6.45) is 4.57. The molecule has 1 saturated carbocycles. The van der Waals surface area contributed by atoms with Gasteiger partial charge in [0.25, 0.3) is 0 Å². The van der Waals surface area contributed by atoms with Crippen LogP contribution in [0.4, 0.5) is 0 Å². The number of nitrogens with one attached hydrogen (secondary N) is 2. The SMILES string of the molecule is CC1(C)C(NCC2CCC(=O)N2)C2CCCOC21. The Labute approximate surface area is 109 Å². The summed E-state index contributed by atoms with van der Waals surface area (Å²) in [5, 5.41) is 6.70. The monoisotopic (exact) mass is 252 g/mol. The van der Waals surface area contributed by atoms with E-state index >= 15 is 0 Å². The Morgan fingerprint density at radius 2 is 2.28 bits per heavy atom. The van der Waals surface area contributed by atoms with E-state index in [0.29, 0.717) is 30.5 Å².